The Morgan fingerprint density at radius 2 is 1.57 bits per heavy atom. The Hall–Kier alpha value is -5.88. The van der Waals surface area contributed by atoms with Gasteiger partial charge in [-0.1, -0.05) is 36.4 Å². The highest BCUT2D eigenvalue weighted by Crippen LogP contribution is 2.27. The van der Waals surface area contributed by atoms with Crippen molar-refractivity contribution >= 4 is 58.7 Å². The number of methoxy groups -OCH3 is 2. The highest BCUT2D eigenvalue weighted by molar-refractivity contribution is 8.00. The van der Waals surface area contributed by atoms with Gasteiger partial charge in [0.1, 0.15) is 23.0 Å². The standard InChI is InChI=1S/C35H31N5O6S/c1-45-27-16-13-24(30(20-27)46-2)19-29(37-34(43)23-9-5-3-6-10-23)35(44)36-25-14-17-28(18-15-25)47-22-32(41)38-31-21-33(42)40(39-31)26-11-7-4-8-12-26/h3-20H,21-22H2,1-2H3,(H,36,44)(H,37,43)(H,38,39,41)/b29-19-. The highest BCUT2D eigenvalue weighted by atomic mass is 32.2. The van der Waals surface area contributed by atoms with Crippen molar-refractivity contribution < 1.29 is 28.7 Å². The molecule has 0 bridgehead atoms. The Kier molecular flexibility index (Phi) is 10.7. The van der Waals surface area contributed by atoms with Gasteiger partial charge in [0.15, 0.2) is 0 Å². The zero-order chi connectivity index (χ0) is 33.2. The summed E-state index contributed by atoms with van der Waals surface area (Å²) in [6.07, 6.45) is 1.53. The first kappa shape index (κ1) is 32.5. The number of ether oxygens (including phenoxy) is 2. The van der Waals surface area contributed by atoms with Gasteiger partial charge in [-0.15, -0.1) is 11.8 Å². The first-order valence-electron chi connectivity index (χ1n) is 14.4. The molecule has 0 atom stereocenters. The minimum Gasteiger partial charge on any atom is -0.497 e. The summed E-state index contributed by atoms with van der Waals surface area (Å²) >= 11 is 1.29. The lowest BCUT2D eigenvalue weighted by atomic mass is 10.1. The first-order valence-corrected chi connectivity index (χ1v) is 15.4. The molecule has 0 spiro atoms. The number of para-hydroxylation sites is 1. The summed E-state index contributed by atoms with van der Waals surface area (Å²) in [5, 5.41) is 13.7. The van der Waals surface area contributed by atoms with Crippen molar-refractivity contribution in [3.05, 3.63) is 120 Å². The molecular formula is C35H31N5O6S. The number of carbonyl (C=O) groups is 4. The Morgan fingerprint density at radius 3 is 2.26 bits per heavy atom. The number of nitrogens with zero attached hydrogens (tertiary/aromatic N) is 2. The second-order valence-corrected chi connectivity index (χ2v) is 11.1. The lowest BCUT2D eigenvalue weighted by Gasteiger charge is -2.13. The van der Waals surface area contributed by atoms with Gasteiger partial charge in [0.25, 0.3) is 17.7 Å². The van der Waals surface area contributed by atoms with E-state index >= 15 is 0 Å². The minimum absolute atomic E-state index is 0.00317. The molecule has 4 aromatic carbocycles. The van der Waals surface area contributed by atoms with E-state index in [0.29, 0.717) is 34.0 Å². The molecule has 0 radical (unpaired) electrons. The van der Waals surface area contributed by atoms with E-state index in [1.165, 1.54) is 37.1 Å². The molecule has 1 aliphatic heterocycles. The molecule has 238 valence electrons. The average Bonchev–Trinajstić information content (AvgIpc) is 3.47. The van der Waals surface area contributed by atoms with Crippen LogP contribution in [-0.4, -0.2) is 49.4 Å². The number of amidine groups is 1. The Morgan fingerprint density at radius 1 is 0.872 bits per heavy atom. The summed E-state index contributed by atoms with van der Waals surface area (Å²) < 4.78 is 10.7. The van der Waals surface area contributed by atoms with E-state index in [1.54, 1.807) is 84.9 Å². The van der Waals surface area contributed by atoms with Gasteiger partial charge in [-0.25, -0.2) is 0 Å². The van der Waals surface area contributed by atoms with E-state index in [2.05, 4.69) is 21.1 Å². The van der Waals surface area contributed by atoms with E-state index in [1.807, 2.05) is 18.2 Å². The van der Waals surface area contributed by atoms with Crippen LogP contribution in [0.2, 0.25) is 0 Å². The smallest absolute Gasteiger partial charge is 0.272 e. The van der Waals surface area contributed by atoms with E-state index in [0.717, 1.165) is 4.90 Å². The maximum Gasteiger partial charge on any atom is 0.272 e. The second kappa shape index (κ2) is 15.4. The number of thioether (sulfide) groups is 1. The van der Waals surface area contributed by atoms with Crippen molar-refractivity contribution in [1.82, 2.24) is 10.6 Å². The number of carbonyl (C=O) groups excluding carboxylic acids is 4. The third kappa shape index (κ3) is 8.65. The summed E-state index contributed by atoms with van der Waals surface area (Å²) in [6.45, 7) is 0. The topological polar surface area (TPSA) is 138 Å². The van der Waals surface area contributed by atoms with Crippen LogP contribution in [0.1, 0.15) is 22.3 Å². The average molecular weight is 650 g/mol. The fraction of sp³-hybridized carbons (Fsp3) is 0.114. The highest BCUT2D eigenvalue weighted by Gasteiger charge is 2.26. The summed E-state index contributed by atoms with van der Waals surface area (Å²) in [5.74, 6) is -0.123. The third-order valence-corrected chi connectivity index (χ3v) is 7.82. The summed E-state index contributed by atoms with van der Waals surface area (Å²) in [5.41, 5.74) is 2.04. The van der Waals surface area contributed by atoms with Gasteiger partial charge in [0.05, 0.1) is 32.1 Å². The van der Waals surface area contributed by atoms with Crippen LogP contribution in [0.5, 0.6) is 11.5 Å². The number of hydrogen-bond acceptors (Lipinski definition) is 8. The lowest BCUT2D eigenvalue weighted by molar-refractivity contribution is -0.117. The molecule has 0 fully saturated rings. The monoisotopic (exact) mass is 649 g/mol. The molecule has 5 rings (SSSR count). The second-order valence-electron chi connectivity index (χ2n) is 10.1. The van der Waals surface area contributed by atoms with Crippen LogP contribution >= 0.6 is 11.8 Å². The number of rotatable bonds is 11. The van der Waals surface area contributed by atoms with Gasteiger partial charge < -0.3 is 25.4 Å². The predicted octanol–water partition coefficient (Wildman–Crippen LogP) is 5.07. The first-order chi connectivity index (χ1) is 22.8. The molecule has 0 aromatic heterocycles. The maximum atomic E-state index is 13.5. The molecular weight excluding hydrogens is 618 g/mol. The van der Waals surface area contributed by atoms with E-state index in [-0.39, 0.29) is 35.5 Å². The number of anilines is 2. The molecule has 11 nitrogen and oxygen atoms in total. The summed E-state index contributed by atoms with van der Waals surface area (Å²) in [6, 6.07) is 29.6. The van der Waals surface area contributed by atoms with Crippen molar-refractivity contribution in [2.24, 2.45) is 5.10 Å². The van der Waals surface area contributed by atoms with Crippen LogP contribution in [0.25, 0.3) is 6.08 Å². The van der Waals surface area contributed by atoms with Gasteiger partial charge in [0.2, 0.25) is 5.91 Å². The molecule has 47 heavy (non-hydrogen) atoms. The SMILES string of the molecule is COc1ccc(/C=C(\NC(=O)c2ccccc2)C(=O)Nc2ccc(SCC(=O)NC3=NN(c4ccccc4)C(=O)C3)cc2)c(OC)c1. The number of amides is 4. The van der Waals surface area contributed by atoms with Crippen LogP contribution in [0, 0.1) is 0 Å². The molecule has 0 saturated carbocycles. The van der Waals surface area contributed by atoms with Crippen LogP contribution in [0.3, 0.4) is 0 Å². The minimum atomic E-state index is -0.552. The molecule has 4 aromatic rings. The van der Waals surface area contributed by atoms with E-state index < -0.39 is 11.8 Å². The van der Waals surface area contributed by atoms with Crippen LogP contribution in [-0.2, 0) is 14.4 Å². The molecule has 0 aliphatic carbocycles. The molecule has 3 N–H and O–H groups in total. The van der Waals surface area contributed by atoms with E-state index in [9.17, 15) is 19.2 Å². The molecule has 0 unspecified atom stereocenters. The molecule has 4 amide bonds. The number of hydrazone groups is 1. The van der Waals surface area contributed by atoms with Crippen LogP contribution in [0.15, 0.2) is 119 Å². The zero-order valence-electron chi connectivity index (χ0n) is 25.6. The van der Waals surface area contributed by atoms with Gasteiger partial charge in [0, 0.05) is 27.8 Å². The maximum absolute atomic E-state index is 13.5. The zero-order valence-corrected chi connectivity index (χ0v) is 26.4. The molecule has 12 heteroatoms. The van der Waals surface area contributed by atoms with Crippen LogP contribution < -0.4 is 30.4 Å². The summed E-state index contributed by atoms with van der Waals surface area (Å²) in [7, 11) is 3.04. The van der Waals surface area contributed by atoms with Crippen LogP contribution in [0.4, 0.5) is 11.4 Å². The van der Waals surface area contributed by atoms with Gasteiger partial charge >= 0.3 is 0 Å². The quantitative estimate of drug-likeness (QED) is 0.152. The van der Waals surface area contributed by atoms with Gasteiger partial charge in [-0.2, -0.15) is 10.1 Å². The predicted molar refractivity (Wildman–Crippen MR) is 181 cm³/mol. The normalized spacial score (nSPS) is 12.6. The summed E-state index contributed by atoms with van der Waals surface area (Å²) in [4.78, 5) is 52.1. The lowest BCUT2D eigenvalue weighted by Crippen LogP contribution is -2.31. The Bertz CT molecular complexity index is 1830. The molecule has 1 heterocycles. The number of nitrogens with one attached hydrogen (secondary N) is 3. The van der Waals surface area contributed by atoms with Gasteiger partial charge in [-0.3, -0.25) is 19.2 Å². The fourth-order valence-electron chi connectivity index (χ4n) is 4.48. The van der Waals surface area contributed by atoms with E-state index in [4.69, 9.17) is 9.47 Å². The Balaban J connectivity index is 1.22. The molecule has 1 aliphatic rings. The fourth-order valence-corrected chi connectivity index (χ4v) is 5.18. The third-order valence-electron chi connectivity index (χ3n) is 6.81. The van der Waals surface area contributed by atoms with Crippen molar-refractivity contribution in [2.75, 3.05) is 30.3 Å². The number of hydrogen-bond donors (Lipinski definition) is 3. The largest absolute Gasteiger partial charge is 0.497 e. The van der Waals surface area contributed by atoms with Crippen molar-refractivity contribution in [3.8, 4) is 11.5 Å². The number of benzene rings is 4. The van der Waals surface area contributed by atoms with Gasteiger partial charge in [-0.05, 0) is 66.7 Å². The van der Waals surface area contributed by atoms with Crippen molar-refractivity contribution in [2.45, 2.75) is 11.3 Å². The molecule has 0 saturated heterocycles. The van der Waals surface area contributed by atoms with Crippen molar-refractivity contribution in [3.63, 3.8) is 0 Å². The Labute approximate surface area is 275 Å². The van der Waals surface area contributed by atoms with Crippen molar-refractivity contribution in [1.29, 1.82) is 0 Å².